The van der Waals surface area contributed by atoms with E-state index in [1.54, 1.807) is 18.2 Å². The van der Waals surface area contributed by atoms with Crippen LogP contribution in [0.5, 0.6) is 0 Å². The van der Waals surface area contributed by atoms with Gasteiger partial charge in [-0.1, -0.05) is 12.1 Å². The number of halogens is 1. The smallest absolute Gasteiger partial charge is 0.335 e. The van der Waals surface area contributed by atoms with Crippen LogP contribution in [0, 0.1) is 12.7 Å². The van der Waals surface area contributed by atoms with Crippen molar-refractivity contribution in [2.75, 3.05) is 5.32 Å². The maximum atomic E-state index is 13.0. The molecule has 0 aliphatic rings. The van der Waals surface area contributed by atoms with Crippen LogP contribution in [0.3, 0.4) is 0 Å². The second-order valence-electron chi connectivity index (χ2n) is 6.25. The molecule has 0 radical (unpaired) electrons. The van der Waals surface area contributed by atoms with E-state index >= 15 is 0 Å². The summed E-state index contributed by atoms with van der Waals surface area (Å²) in [7, 11) is 0. The molecule has 0 unspecified atom stereocenters. The Labute approximate surface area is 170 Å². The van der Waals surface area contributed by atoms with Gasteiger partial charge in [-0.25, -0.2) is 9.18 Å². The van der Waals surface area contributed by atoms with Gasteiger partial charge < -0.3 is 15.7 Å². The average Bonchev–Trinajstić information content (AvgIpc) is 3.07. The molecule has 1 aromatic heterocycles. The van der Waals surface area contributed by atoms with E-state index in [0.29, 0.717) is 10.6 Å². The van der Waals surface area contributed by atoms with Crippen molar-refractivity contribution in [2.24, 2.45) is 0 Å². The number of carboxylic acid groups (broad SMARTS) is 1. The molecule has 6 nitrogen and oxygen atoms in total. The predicted molar refractivity (Wildman–Crippen MR) is 108 cm³/mol. The molecule has 3 rings (SSSR count). The Balaban J connectivity index is 1.70. The van der Waals surface area contributed by atoms with Crippen LogP contribution in [0.2, 0.25) is 0 Å². The Morgan fingerprint density at radius 1 is 0.966 bits per heavy atom. The maximum Gasteiger partial charge on any atom is 0.335 e. The van der Waals surface area contributed by atoms with Crippen molar-refractivity contribution in [1.82, 2.24) is 5.32 Å². The van der Waals surface area contributed by atoms with E-state index in [1.165, 1.54) is 47.7 Å². The van der Waals surface area contributed by atoms with Crippen LogP contribution in [0.4, 0.5) is 9.39 Å². The Morgan fingerprint density at radius 3 is 2.21 bits per heavy atom. The second-order valence-corrected chi connectivity index (χ2v) is 7.50. The normalized spacial score (nSPS) is 10.4. The molecular formula is C21H17FN2O4S. The van der Waals surface area contributed by atoms with Crippen molar-refractivity contribution in [3.8, 4) is 0 Å². The van der Waals surface area contributed by atoms with Gasteiger partial charge in [0, 0.05) is 17.0 Å². The van der Waals surface area contributed by atoms with Crippen molar-refractivity contribution in [2.45, 2.75) is 13.5 Å². The number of aryl methyl sites for hydroxylation is 1. The number of rotatable bonds is 6. The first-order chi connectivity index (χ1) is 13.8. The fourth-order valence-corrected chi connectivity index (χ4v) is 3.50. The quantitative estimate of drug-likeness (QED) is 0.569. The van der Waals surface area contributed by atoms with Gasteiger partial charge in [0.25, 0.3) is 11.8 Å². The predicted octanol–water partition coefficient (Wildman–Crippen LogP) is 4.08. The summed E-state index contributed by atoms with van der Waals surface area (Å²) in [6.07, 6.45) is 0. The van der Waals surface area contributed by atoms with Gasteiger partial charge in [0.2, 0.25) is 0 Å². The average molecular weight is 412 g/mol. The molecule has 148 valence electrons. The van der Waals surface area contributed by atoms with Crippen molar-refractivity contribution < 1.29 is 23.9 Å². The Morgan fingerprint density at radius 2 is 1.59 bits per heavy atom. The van der Waals surface area contributed by atoms with Crippen LogP contribution in [0.25, 0.3) is 0 Å². The number of hydrogen-bond acceptors (Lipinski definition) is 4. The van der Waals surface area contributed by atoms with Gasteiger partial charge in [0.1, 0.15) is 10.8 Å². The number of nitrogens with one attached hydrogen (secondary N) is 2. The molecule has 1 heterocycles. The van der Waals surface area contributed by atoms with Gasteiger partial charge >= 0.3 is 5.97 Å². The molecule has 0 aliphatic heterocycles. The summed E-state index contributed by atoms with van der Waals surface area (Å²) in [5, 5.41) is 14.8. The number of anilines is 1. The van der Waals surface area contributed by atoms with Crippen LogP contribution in [-0.2, 0) is 6.54 Å². The Bertz CT molecular complexity index is 1060. The summed E-state index contributed by atoms with van der Waals surface area (Å²) in [4.78, 5) is 36.8. The number of carbonyl (C=O) groups is 3. The van der Waals surface area contributed by atoms with E-state index < -0.39 is 11.9 Å². The van der Waals surface area contributed by atoms with Crippen molar-refractivity contribution >= 4 is 34.1 Å². The lowest BCUT2D eigenvalue weighted by Gasteiger charge is -2.08. The molecule has 0 saturated heterocycles. The summed E-state index contributed by atoms with van der Waals surface area (Å²) >= 11 is 1.26. The fourth-order valence-electron chi connectivity index (χ4n) is 2.60. The van der Waals surface area contributed by atoms with Crippen molar-refractivity contribution in [1.29, 1.82) is 0 Å². The first kappa shape index (κ1) is 20.2. The molecule has 2 amide bonds. The molecule has 3 N–H and O–H groups in total. The highest BCUT2D eigenvalue weighted by Gasteiger charge is 2.18. The molecule has 2 aromatic carbocycles. The fraction of sp³-hybridized carbons (Fsp3) is 0.0952. The van der Waals surface area contributed by atoms with Crippen LogP contribution in [0.15, 0.2) is 54.6 Å². The lowest BCUT2D eigenvalue weighted by Crippen LogP contribution is -2.24. The minimum atomic E-state index is -1.08. The van der Waals surface area contributed by atoms with E-state index in [4.69, 9.17) is 5.11 Å². The van der Waals surface area contributed by atoms with Gasteiger partial charge in [0.05, 0.1) is 11.1 Å². The van der Waals surface area contributed by atoms with E-state index in [1.807, 2.05) is 6.92 Å². The van der Waals surface area contributed by atoms with Gasteiger partial charge in [-0.3, -0.25) is 9.59 Å². The lowest BCUT2D eigenvalue weighted by atomic mass is 10.1. The summed E-state index contributed by atoms with van der Waals surface area (Å²) < 4.78 is 13.0. The van der Waals surface area contributed by atoms with E-state index in [-0.39, 0.29) is 29.4 Å². The monoisotopic (exact) mass is 412 g/mol. The van der Waals surface area contributed by atoms with Gasteiger partial charge in [-0.15, -0.1) is 11.3 Å². The number of carboxylic acids is 1. The molecule has 0 bridgehead atoms. The summed E-state index contributed by atoms with van der Waals surface area (Å²) in [5.41, 5.74) is 1.43. The number of thiophene rings is 1. The number of benzene rings is 2. The second kappa shape index (κ2) is 8.66. The van der Waals surface area contributed by atoms with E-state index in [2.05, 4.69) is 10.6 Å². The number of amides is 2. The zero-order valence-electron chi connectivity index (χ0n) is 15.4. The standard InChI is InChI=1S/C21H17FN2O4S/c1-12-10-17(19(26)23-11-13-2-8-16(22)9-3-13)20(29-12)24-18(25)14-4-6-15(7-5-14)21(27)28/h2-10H,11H2,1H3,(H,23,26)(H,24,25)(H,27,28). The third-order valence-corrected chi connectivity index (χ3v) is 5.05. The number of hydrogen-bond donors (Lipinski definition) is 3. The molecule has 29 heavy (non-hydrogen) atoms. The molecule has 0 atom stereocenters. The van der Waals surface area contributed by atoms with Gasteiger partial charge in [-0.05, 0) is 55.0 Å². The lowest BCUT2D eigenvalue weighted by molar-refractivity contribution is 0.0696. The molecule has 3 aromatic rings. The highest BCUT2D eigenvalue weighted by atomic mass is 32.1. The Hall–Kier alpha value is -3.52. The molecule has 0 aliphatic carbocycles. The molecule has 0 saturated carbocycles. The largest absolute Gasteiger partial charge is 0.478 e. The number of aromatic carboxylic acids is 1. The van der Waals surface area contributed by atoms with Gasteiger partial charge in [-0.2, -0.15) is 0 Å². The summed E-state index contributed by atoms with van der Waals surface area (Å²) in [6, 6.07) is 13.0. The van der Waals surface area contributed by atoms with E-state index in [9.17, 15) is 18.8 Å². The zero-order valence-corrected chi connectivity index (χ0v) is 16.2. The molecular weight excluding hydrogens is 395 g/mol. The Kier molecular flexibility index (Phi) is 6.04. The summed E-state index contributed by atoms with van der Waals surface area (Å²) in [6.45, 7) is 2.04. The topological polar surface area (TPSA) is 95.5 Å². The molecule has 0 spiro atoms. The third kappa shape index (κ3) is 5.05. The highest BCUT2D eigenvalue weighted by Crippen LogP contribution is 2.28. The van der Waals surface area contributed by atoms with Crippen LogP contribution < -0.4 is 10.6 Å². The van der Waals surface area contributed by atoms with Crippen LogP contribution >= 0.6 is 11.3 Å². The minimum absolute atomic E-state index is 0.0781. The van der Waals surface area contributed by atoms with Crippen LogP contribution in [-0.4, -0.2) is 22.9 Å². The minimum Gasteiger partial charge on any atom is -0.478 e. The van der Waals surface area contributed by atoms with Gasteiger partial charge in [0.15, 0.2) is 0 Å². The summed E-state index contributed by atoms with van der Waals surface area (Å²) in [5.74, 6) is -2.24. The SMILES string of the molecule is Cc1cc(C(=O)NCc2ccc(F)cc2)c(NC(=O)c2ccc(C(=O)O)cc2)s1. The molecule has 8 heteroatoms. The zero-order chi connectivity index (χ0) is 21.0. The number of carbonyl (C=O) groups excluding carboxylic acids is 2. The van der Waals surface area contributed by atoms with Crippen molar-refractivity contribution in [3.05, 3.63) is 87.5 Å². The highest BCUT2D eigenvalue weighted by molar-refractivity contribution is 7.16. The molecule has 0 fully saturated rings. The third-order valence-electron chi connectivity index (χ3n) is 4.09. The van der Waals surface area contributed by atoms with Crippen molar-refractivity contribution in [3.63, 3.8) is 0 Å². The van der Waals surface area contributed by atoms with Crippen LogP contribution in [0.1, 0.15) is 41.5 Å². The maximum absolute atomic E-state index is 13.0. The first-order valence-electron chi connectivity index (χ1n) is 8.61. The van der Waals surface area contributed by atoms with E-state index in [0.717, 1.165) is 10.4 Å². The first-order valence-corrected chi connectivity index (χ1v) is 9.43.